The van der Waals surface area contributed by atoms with Crippen molar-refractivity contribution in [3.05, 3.63) is 0 Å². The van der Waals surface area contributed by atoms with Crippen LogP contribution in [-0.2, 0) is 19.6 Å². The number of carbonyl (C=O) groups excluding carboxylic acids is 1. The number of nitrogens with zero attached hydrogens (tertiary/aromatic N) is 1. The van der Waals surface area contributed by atoms with Gasteiger partial charge >= 0.3 is 5.97 Å². The van der Waals surface area contributed by atoms with Crippen LogP contribution in [-0.4, -0.2) is 30.3 Å². The molecule has 0 heterocycles. The van der Waals surface area contributed by atoms with E-state index in [9.17, 15) is 13.2 Å². The van der Waals surface area contributed by atoms with Gasteiger partial charge in [-0.25, -0.2) is 4.79 Å². The molecule has 2 saturated carbocycles. The fourth-order valence-electron chi connectivity index (χ4n) is 3.75. The van der Waals surface area contributed by atoms with Gasteiger partial charge in [0.1, 0.15) is 6.10 Å². The highest BCUT2D eigenvalue weighted by Gasteiger charge is 2.63. The summed E-state index contributed by atoms with van der Waals surface area (Å²) >= 11 is 0. The predicted molar refractivity (Wildman–Crippen MR) is 70.1 cm³/mol. The Hall–Kier alpha value is -1.13. The summed E-state index contributed by atoms with van der Waals surface area (Å²) in [6.07, 6.45) is 2.25. The zero-order valence-electron chi connectivity index (χ0n) is 11.8. The summed E-state index contributed by atoms with van der Waals surface area (Å²) in [6, 6.07) is 1.28. The van der Waals surface area contributed by atoms with Crippen molar-refractivity contribution in [3.63, 3.8) is 0 Å². The Bertz CT molecular complexity index is 576. The maximum absolute atomic E-state index is 11.8. The number of carbonyl (C=O) groups is 1. The Balaban J connectivity index is 2.17. The van der Waals surface area contributed by atoms with Crippen molar-refractivity contribution in [3.8, 4) is 6.07 Å². The number of hydrogen-bond donors (Lipinski definition) is 1. The molecule has 2 fully saturated rings. The molecule has 2 unspecified atom stereocenters. The normalized spacial score (nSPS) is 36.4. The molecule has 4 atom stereocenters. The van der Waals surface area contributed by atoms with Crippen molar-refractivity contribution in [1.29, 1.82) is 5.26 Å². The van der Waals surface area contributed by atoms with Crippen molar-refractivity contribution in [2.75, 3.05) is 0 Å². The monoisotopic (exact) mass is 301 g/mol. The second-order valence-corrected chi connectivity index (χ2v) is 8.06. The minimum Gasteiger partial charge on any atom is -0.460 e. The molecule has 0 aliphatic heterocycles. The van der Waals surface area contributed by atoms with E-state index in [-0.39, 0.29) is 10.8 Å². The Morgan fingerprint density at radius 2 is 2.05 bits per heavy atom. The quantitative estimate of drug-likeness (QED) is 0.626. The zero-order valence-corrected chi connectivity index (χ0v) is 12.6. The molecule has 2 aliphatic carbocycles. The Morgan fingerprint density at radius 1 is 1.45 bits per heavy atom. The predicted octanol–water partition coefficient (Wildman–Crippen LogP) is 1.52. The number of rotatable bonds is 3. The summed E-state index contributed by atoms with van der Waals surface area (Å²) < 4.78 is 36.1. The van der Waals surface area contributed by atoms with Crippen LogP contribution in [0, 0.1) is 28.1 Å². The third-order valence-corrected chi connectivity index (χ3v) is 6.50. The number of nitriles is 1. The Kier molecular flexibility index (Phi) is 3.38. The van der Waals surface area contributed by atoms with Gasteiger partial charge in [0.05, 0.1) is 6.07 Å². The minimum atomic E-state index is -4.75. The van der Waals surface area contributed by atoms with Gasteiger partial charge in [-0.1, -0.05) is 20.8 Å². The lowest BCUT2D eigenvalue weighted by molar-refractivity contribution is -0.155. The summed E-state index contributed by atoms with van der Waals surface area (Å²) in [5, 5.41) is 6.56. The summed E-state index contributed by atoms with van der Waals surface area (Å²) in [7, 11) is -4.75. The highest BCUT2D eigenvalue weighted by molar-refractivity contribution is 7.87. The number of ether oxygens (including phenoxy) is 1. The average Bonchev–Trinajstić information content (AvgIpc) is 2.60. The second-order valence-electron chi connectivity index (χ2n) is 6.56. The molecule has 6 nitrogen and oxygen atoms in total. The molecule has 20 heavy (non-hydrogen) atoms. The molecule has 112 valence electrons. The van der Waals surface area contributed by atoms with E-state index in [0.717, 1.165) is 12.8 Å². The first kappa shape index (κ1) is 15.3. The molecule has 0 radical (unpaired) electrons. The van der Waals surface area contributed by atoms with Gasteiger partial charge in [0.15, 0.2) is 0 Å². The van der Waals surface area contributed by atoms with Gasteiger partial charge in [0.2, 0.25) is 0 Å². The van der Waals surface area contributed by atoms with Crippen LogP contribution in [0.25, 0.3) is 0 Å². The second kappa shape index (κ2) is 4.43. The van der Waals surface area contributed by atoms with Crippen LogP contribution in [0.4, 0.5) is 0 Å². The molecular formula is C13H19NO5S. The van der Waals surface area contributed by atoms with E-state index < -0.39 is 27.4 Å². The van der Waals surface area contributed by atoms with E-state index in [4.69, 9.17) is 14.6 Å². The minimum absolute atomic E-state index is 0.0121. The summed E-state index contributed by atoms with van der Waals surface area (Å²) in [5.41, 5.74) is -0.204. The SMILES string of the molecule is CC1(C)[C@@H]2CC[C@]1(C)C(OC(=O)C(C#N)S(=O)(=O)O)C2. The van der Waals surface area contributed by atoms with E-state index in [1.807, 2.05) is 6.92 Å². The lowest BCUT2D eigenvalue weighted by Gasteiger charge is -2.38. The van der Waals surface area contributed by atoms with Gasteiger partial charge < -0.3 is 4.74 Å². The van der Waals surface area contributed by atoms with E-state index in [0.29, 0.717) is 12.3 Å². The van der Waals surface area contributed by atoms with E-state index in [1.165, 1.54) is 6.07 Å². The van der Waals surface area contributed by atoms with Crippen molar-refractivity contribution in [1.82, 2.24) is 0 Å². The van der Waals surface area contributed by atoms with Crippen LogP contribution in [0.2, 0.25) is 0 Å². The maximum Gasteiger partial charge on any atom is 0.341 e. The smallest absolute Gasteiger partial charge is 0.341 e. The summed E-state index contributed by atoms with van der Waals surface area (Å²) in [4.78, 5) is 11.8. The number of esters is 1. The van der Waals surface area contributed by atoms with Crippen molar-refractivity contribution in [2.24, 2.45) is 16.7 Å². The first-order valence-corrected chi connectivity index (χ1v) is 8.11. The van der Waals surface area contributed by atoms with Crippen LogP contribution >= 0.6 is 0 Å². The van der Waals surface area contributed by atoms with Crippen molar-refractivity contribution >= 4 is 16.1 Å². The third kappa shape index (κ3) is 2.02. The third-order valence-electron chi connectivity index (χ3n) is 5.60. The van der Waals surface area contributed by atoms with Gasteiger partial charge in [-0.2, -0.15) is 13.7 Å². The first-order chi connectivity index (χ1) is 9.04. The molecule has 0 aromatic rings. The Labute approximate surface area is 118 Å². The maximum atomic E-state index is 11.8. The average molecular weight is 301 g/mol. The molecule has 0 saturated heterocycles. The molecule has 0 spiro atoms. The molecule has 1 N–H and O–H groups in total. The van der Waals surface area contributed by atoms with Crippen LogP contribution in [0.1, 0.15) is 40.0 Å². The van der Waals surface area contributed by atoms with E-state index in [2.05, 4.69) is 13.8 Å². The van der Waals surface area contributed by atoms with Crippen LogP contribution in [0.3, 0.4) is 0 Å². The molecule has 2 bridgehead atoms. The molecular weight excluding hydrogens is 282 g/mol. The van der Waals surface area contributed by atoms with E-state index >= 15 is 0 Å². The highest BCUT2D eigenvalue weighted by Crippen LogP contribution is 2.66. The molecule has 2 aliphatic rings. The highest BCUT2D eigenvalue weighted by atomic mass is 32.2. The van der Waals surface area contributed by atoms with Gasteiger partial charge in [-0.15, -0.1) is 0 Å². The largest absolute Gasteiger partial charge is 0.460 e. The summed E-state index contributed by atoms with van der Waals surface area (Å²) in [5.74, 6) is -0.749. The van der Waals surface area contributed by atoms with Gasteiger partial charge in [-0.3, -0.25) is 4.55 Å². The fraction of sp³-hybridized carbons (Fsp3) is 0.846. The van der Waals surface area contributed by atoms with E-state index in [1.54, 1.807) is 0 Å². The topological polar surface area (TPSA) is 104 Å². The standard InChI is InChI=1S/C13H19NO5S/c1-12(2)8-4-5-13(12,3)10(6-8)19-11(15)9(7-14)20(16,17)18/h8-10H,4-6H2,1-3H3,(H,16,17,18)/t8-,9?,10?,13-/m1/s1. The van der Waals surface area contributed by atoms with Crippen LogP contribution in [0.5, 0.6) is 0 Å². The molecule has 0 aromatic heterocycles. The molecule has 7 heteroatoms. The zero-order chi connectivity index (χ0) is 15.3. The summed E-state index contributed by atoms with van der Waals surface area (Å²) in [6.45, 7) is 6.29. The van der Waals surface area contributed by atoms with Crippen LogP contribution in [0.15, 0.2) is 0 Å². The molecule has 0 aromatic carbocycles. The van der Waals surface area contributed by atoms with Gasteiger partial charge in [0, 0.05) is 5.41 Å². The lowest BCUT2D eigenvalue weighted by Crippen LogP contribution is -2.41. The van der Waals surface area contributed by atoms with Gasteiger partial charge in [-0.05, 0) is 30.6 Å². The Morgan fingerprint density at radius 3 is 2.40 bits per heavy atom. The van der Waals surface area contributed by atoms with Gasteiger partial charge in [0.25, 0.3) is 15.4 Å². The van der Waals surface area contributed by atoms with Crippen molar-refractivity contribution < 1.29 is 22.5 Å². The van der Waals surface area contributed by atoms with Crippen molar-refractivity contribution in [2.45, 2.75) is 51.4 Å². The number of hydrogen-bond acceptors (Lipinski definition) is 5. The first-order valence-electron chi connectivity index (χ1n) is 6.60. The van der Waals surface area contributed by atoms with Crippen LogP contribution < -0.4 is 0 Å². The number of fused-ring (bicyclic) bond motifs is 2. The molecule has 0 amide bonds. The lowest BCUT2D eigenvalue weighted by atomic mass is 9.70. The fourth-order valence-corrected chi connectivity index (χ4v) is 4.18. The molecule has 2 rings (SSSR count).